The SMILES string of the molecule is CN=C(NCc1ccc(C#N)cc1F)N1CCN(Cc2ccccc2)CC1. The third-order valence-corrected chi connectivity index (χ3v) is 4.75. The molecule has 0 aliphatic carbocycles. The van der Waals surface area contributed by atoms with Gasteiger partial charge in [-0.1, -0.05) is 36.4 Å². The second kappa shape index (κ2) is 9.15. The number of guanidine groups is 1. The first kappa shape index (κ1) is 18.9. The van der Waals surface area contributed by atoms with Gasteiger partial charge in [0.25, 0.3) is 0 Å². The van der Waals surface area contributed by atoms with Gasteiger partial charge in [-0.25, -0.2) is 4.39 Å². The molecule has 1 N–H and O–H groups in total. The van der Waals surface area contributed by atoms with Crippen molar-refractivity contribution in [3.63, 3.8) is 0 Å². The summed E-state index contributed by atoms with van der Waals surface area (Å²) in [6.45, 7) is 4.97. The highest BCUT2D eigenvalue weighted by Crippen LogP contribution is 2.11. The van der Waals surface area contributed by atoms with Crippen LogP contribution in [-0.4, -0.2) is 49.0 Å². The molecule has 0 spiro atoms. The van der Waals surface area contributed by atoms with Crippen LogP contribution in [0, 0.1) is 17.1 Å². The predicted molar refractivity (Wildman–Crippen MR) is 105 cm³/mol. The largest absolute Gasteiger partial charge is 0.352 e. The van der Waals surface area contributed by atoms with Crippen LogP contribution in [0.4, 0.5) is 4.39 Å². The molecule has 1 fully saturated rings. The number of benzene rings is 2. The average Bonchev–Trinajstić information content (AvgIpc) is 2.71. The molecule has 0 radical (unpaired) electrons. The third kappa shape index (κ3) is 5.05. The van der Waals surface area contributed by atoms with E-state index in [0.717, 1.165) is 38.7 Å². The average molecular weight is 365 g/mol. The summed E-state index contributed by atoms with van der Waals surface area (Å²) in [4.78, 5) is 8.96. The van der Waals surface area contributed by atoms with Crippen molar-refractivity contribution in [2.45, 2.75) is 13.1 Å². The number of rotatable bonds is 4. The third-order valence-electron chi connectivity index (χ3n) is 4.75. The topological polar surface area (TPSA) is 54.7 Å². The van der Waals surface area contributed by atoms with Crippen molar-refractivity contribution in [1.82, 2.24) is 15.1 Å². The van der Waals surface area contributed by atoms with Gasteiger partial charge >= 0.3 is 0 Å². The number of nitrogens with one attached hydrogen (secondary N) is 1. The molecular formula is C21H24FN5. The lowest BCUT2D eigenvalue weighted by atomic mass is 10.1. The lowest BCUT2D eigenvalue weighted by Gasteiger charge is -2.36. The maximum absolute atomic E-state index is 14.0. The van der Waals surface area contributed by atoms with Crippen LogP contribution in [0.5, 0.6) is 0 Å². The summed E-state index contributed by atoms with van der Waals surface area (Å²) in [7, 11) is 1.74. The first-order valence-electron chi connectivity index (χ1n) is 9.10. The van der Waals surface area contributed by atoms with Gasteiger partial charge in [-0.3, -0.25) is 9.89 Å². The van der Waals surface area contributed by atoms with Gasteiger partial charge in [-0.2, -0.15) is 5.26 Å². The van der Waals surface area contributed by atoms with E-state index in [-0.39, 0.29) is 5.82 Å². The van der Waals surface area contributed by atoms with Crippen LogP contribution >= 0.6 is 0 Å². The van der Waals surface area contributed by atoms with Crippen molar-refractivity contribution in [1.29, 1.82) is 5.26 Å². The number of halogens is 1. The zero-order chi connectivity index (χ0) is 19.1. The van der Waals surface area contributed by atoms with Crippen LogP contribution in [0.3, 0.4) is 0 Å². The summed E-state index contributed by atoms with van der Waals surface area (Å²) in [6.07, 6.45) is 0. The van der Waals surface area contributed by atoms with E-state index in [9.17, 15) is 4.39 Å². The van der Waals surface area contributed by atoms with Gasteiger partial charge in [0.2, 0.25) is 0 Å². The van der Waals surface area contributed by atoms with Gasteiger partial charge in [0.15, 0.2) is 5.96 Å². The van der Waals surface area contributed by atoms with Crippen molar-refractivity contribution in [2.24, 2.45) is 4.99 Å². The van der Waals surface area contributed by atoms with Crippen LogP contribution in [0.15, 0.2) is 53.5 Å². The highest BCUT2D eigenvalue weighted by molar-refractivity contribution is 5.80. The van der Waals surface area contributed by atoms with Crippen molar-refractivity contribution in [2.75, 3.05) is 33.2 Å². The summed E-state index contributed by atoms with van der Waals surface area (Å²) in [5.41, 5.74) is 2.18. The number of nitrogens with zero attached hydrogens (tertiary/aromatic N) is 4. The van der Waals surface area contributed by atoms with E-state index >= 15 is 0 Å². The minimum atomic E-state index is -0.371. The van der Waals surface area contributed by atoms with Crippen LogP contribution in [0.1, 0.15) is 16.7 Å². The molecule has 6 heteroatoms. The molecule has 2 aromatic carbocycles. The molecule has 1 aliphatic rings. The Hall–Kier alpha value is -2.91. The quantitative estimate of drug-likeness (QED) is 0.668. The zero-order valence-corrected chi connectivity index (χ0v) is 15.5. The summed E-state index contributed by atoms with van der Waals surface area (Å²) >= 11 is 0. The Balaban J connectivity index is 1.51. The van der Waals surface area contributed by atoms with Crippen LogP contribution in [0.2, 0.25) is 0 Å². The molecule has 0 atom stereocenters. The normalized spacial score (nSPS) is 15.4. The van der Waals surface area contributed by atoms with Gasteiger partial charge < -0.3 is 10.2 Å². The van der Waals surface area contributed by atoms with E-state index in [0.29, 0.717) is 17.7 Å². The van der Waals surface area contributed by atoms with Crippen molar-refractivity contribution in [3.8, 4) is 6.07 Å². The Kier molecular flexibility index (Phi) is 6.39. The standard InChI is InChI=1S/C21H24FN5/c1-24-21(25-15-19-8-7-18(14-23)13-20(19)22)27-11-9-26(10-12-27)16-17-5-3-2-4-6-17/h2-8,13H,9-12,15-16H2,1H3,(H,24,25). The van der Waals surface area contributed by atoms with Crippen molar-refractivity contribution >= 4 is 5.96 Å². The molecule has 0 amide bonds. The van der Waals surface area contributed by atoms with E-state index in [1.54, 1.807) is 19.2 Å². The Morgan fingerprint density at radius 2 is 1.89 bits per heavy atom. The minimum absolute atomic E-state index is 0.329. The zero-order valence-electron chi connectivity index (χ0n) is 15.5. The molecule has 1 heterocycles. The summed E-state index contributed by atoms with van der Waals surface area (Å²) in [5, 5.41) is 12.1. The molecule has 0 saturated carbocycles. The number of piperazine rings is 1. The van der Waals surface area contributed by atoms with Gasteiger partial charge in [-0.05, 0) is 17.7 Å². The molecule has 3 rings (SSSR count). The molecule has 2 aromatic rings. The molecule has 0 aromatic heterocycles. The van der Waals surface area contributed by atoms with E-state index in [2.05, 4.69) is 44.4 Å². The first-order chi connectivity index (χ1) is 13.2. The fourth-order valence-corrected chi connectivity index (χ4v) is 3.23. The number of aliphatic imine (C=N–C) groups is 1. The second-order valence-corrected chi connectivity index (χ2v) is 6.57. The lowest BCUT2D eigenvalue weighted by Crippen LogP contribution is -2.52. The molecule has 27 heavy (non-hydrogen) atoms. The maximum atomic E-state index is 14.0. The Labute approximate surface area is 159 Å². The van der Waals surface area contributed by atoms with Gasteiger partial charge in [0.05, 0.1) is 11.6 Å². The van der Waals surface area contributed by atoms with Crippen molar-refractivity contribution < 1.29 is 4.39 Å². The van der Waals surface area contributed by atoms with Gasteiger partial charge in [-0.15, -0.1) is 0 Å². The summed E-state index contributed by atoms with van der Waals surface area (Å²) in [6, 6.07) is 17.0. The molecule has 1 saturated heterocycles. The van der Waals surface area contributed by atoms with Crippen LogP contribution in [-0.2, 0) is 13.1 Å². The molecule has 0 bridgehead atoms. The van der Waals surface area contributed by atoms with E-state index in [4.69, 9.17) is 5.26 Å². The highest BCUT2D eigenvalue weighted by atomic mass is 19.1. The van der Waals surface area contributed by atoms with E-state index in [1.807, 2.05) is 12.1 Å². The number of nitriles is 1. The van der Waals surface area contributed by atoms with Gasteiger partial charge in [0, 0.05) is 51.9 Å². The minimum Gasteiger partial charge on any atom is -0.352 e. The molecule has 1 aliphatic heterocycles. The summed E-state index contributed by atoms with van der Waals surface area (Å²) in [5.74, 6) is 0.405. The fraction of sp³-hybridized carbons (Fsp3) is 0.333. The Morgan fingerprint density at radius 1 is 1.15 bits per heavy atom. The number of hydrogen-bond donors (Lipinski definition) is 1. The lowest BCUT2D eigenvalue weighted by molar-refractivity contribution is 0.172. The fourth-order valence-electron chi connectivity index (χ4n) is 3.23. The second-order valence-electron chi connectivity index (χ2n) is 6.57. The van der Waals surface area contributed by atoms with Crippen LogP contribution < -0.4 is 5.32 Å². The van der Waals surface area contributed by atoms with E-state index < -0.39 is 0 Å². The smallest absolute Gasteiger partial charge is 0.194 e. The summed E-state index contributed by atoms with van der Waals surface area (Å²) < 4.78 is 14.0. The van der Waals surface area contributed by atoms with Crippen molar-refractivity contribution in [3.05, 3.63) is 71.0 Å². The predicted octanol–water partition coefficient (Wildman–Crippen LogP) is 2.59. The first-order valence-corrected chi connectivity index (χ1v) is 9.10. The Bertz CT molecular complexity index is 820. The monoisotopic (exact) mass is 365 g/mol. The highest BCUT2D eigenvalue weighted by Gasteiger charge is 2.19. The number of hydrogen-bond acceptors (Lipinski definition) is 3. The molecule has 0 unspecified atom stereocenters. The maximum Gasteiger partial charge on any atom is 0.194 e. The van der Waals surface area contributed by atoms with Gasteiger partial charge in [0.1, 0.15) is 5.82 Å². The molecule has 5 nitrogen and oxygen atoms in total. The molecular weight excluding hydrogens is 341 g/mol. The van der Waals surface area contributed by atoms with Crippen LogP contribution in [0.25, 0.3) is 0 Å². The Morgan fingerprint density at radius 3 is 2.52 bits per heavy atom. The van der Waals surface area contributed by atoms with E-state index in [1.165, 1.54) is 11.6 Å². The molecule has 140 valence electrons.